The zero-order chi connectivity index (χ0) is 17.3. The maximum atomic E-state index is 11.4. The summed E-state index contributed by atoms with van der Waals surface area (Å²) in [5, 5.41) is -0.244. The van der Waals surface area contributed by atoms with Gasteiger partial charge in [0.15, 0.2) is 0 Å². The molecule has 0 N–H and O–H groups in total. The molecule has 0 aromatic carbocycles. The predicted molar refractivity (Wildman–Crippen MR) is 93.6 cm³/mol. The quantitative estimate of drug-likeness (QED) is 0.196. The van der Waals surface area contributed by atoms with Crippen LogP contribution in [0.2, 0.25) is 0 Å². The molecule has 1 atom stereocenters. The summed E-state index contributed by atoms with van der Waals surface area (Å²) in [5.41, 5.74) is 0. The molecule has 0 aliphatic carbocycles. The largest absolute Gasteiger partial charge is 0.463 e. The van der Waals surface area contributed by atoms with Gasteiger partial charge in [-0.05, 0) is 13.3 Å². The summed E-state index contributed by atoms with van der Waals surface area (Å²) in [7, 11) is 0. The van der Waals surface area contributed by atoms with Crippen molar-refractivity contribution in [3.8, 4) is 0 Å². The second-order valence-corrected chi connectivity index (χ2v) is 6.49. The SMILES string of the molecule is CCCCCCCCCCCOC(=O)/C=C/C(=O)OCC(C)Cl. The van der Waals surface area contributed by atoms with E-state index in [2.05, 4.69) is 6.92 Å². The van der Waals surface area contributed by atoms with Crippen LogP contribution in [0.3, 0.4) is 0 Å². The van der Waals surface area contributed by atoms with Crippen molar-refractivity contribution in [3.63, 3.8) is 0 Å². The van der Waals surface area contributed by atoms with Gasteiger partial charge in [-0.25, -0.2) is 9.59 Å². The van der Waals surface area contributed by atoms with Crippen molar-refractivity contribution in [1.29, 1.82) is 0 Å². The first-order valence-electron chi connectivity index (χ1n) is 8.72. The lowest BCUT2D eigenvalue weighted by atomic mass is 10.1. The van der Waals surface area contributed by atoms with Crippen molar-refractivity contribution in [2.75, 3.05) is 13.2 Å². The van der Waals surface area contributed by atoms with E-state index >= 15 is 0 Å². The average Bonchev–Trinajstić information content (AvgIpc) is 2.52. The highest BCUT2D eigenvalue weighted by atomic mass is 35.5. The highest BCUT2D eigenvalue weighted by Crippen LogP contribution is 2.09. The molecule has 0 saturated heterocycles. The van der Waals surface area contributed by atoms with E-state index < -0.39 is 11.9 Å². The van der Waals surface area contributed by atoms with Gasteiger partial charge in [-0.1, -0.05) is 58.3 Å². The smallest absolute Gasteiger partial charge is 0.331 e. The van der Waals surface area contributed by atoms with Gasteiger partial charge in [-0.2, -0.15) is 0 Å². The van der Waals surface area contributed by atoms with Crippen molar-refractivity contribution in [2.24, 2.45) is 0 Å². The minimum atomic E-state index is -0.586. The minimum absolute atomic E-state index is 0.123. The standard InChI is InChI=1S/C18H31ClO4/c1-3-4-5-6-7-8-9-10-11-14-22-17(20)12-13-18(21)23-15-16(2)19/h12-13,16H,3-11,14-15H2,1-2H3/b13-12+. The Morgan fingerprint density at radius 2 is 1.35 bits per heavy atom. The van der Waals surface area contributed by atoms with Crippen LogP contribution in [0, 0.1) is 0 Å². The Labute approximate surface area is 145 Å². The number of alkyl halides is 1. The van der Waals surface area contributed by atoms with Crippen molar-refractivity contribution in [3.05, 3.63) is 12.2 Å². The van der Waals surface area contributed by atoms with Gasteiger partial charge in [0.2, 0.25) is 0 Å². The Hall–Kier alpha value is -1.03. The second kappa shape index (κ2) is 15.9. The lowest BCUT2D eigenvalue weighted by Gasteiger charge is -2.03. The van der Waals surface area contributed by atoms with E-state index in [1.54, 1.807) is 6.92 Å². The molecule has 0 heterocycles. The van der Waals surface area contributed by atoms with Crippen molar-refractivity contribution in [2.45, 2.75) is 77.0 Å². The van der Waals surface area contributed by atoms with Crippen LogP contribution in [-0.4, -0.2) is 30.5 Å². The molecule has 0 rings (SSSR count). The maximum absolute atomic E-state index is 11.4. The van der Waals surface area contributed by atoms with Crippen molar-refractivity contribution >= 4 is 23.5 Å². The molecule has 0 radical (unpaired) electrons. The summed E-state index contributed by atoms with van der Waals surface area (Å²) in [4.78, 5) is 22.6. The summed E-state index contributed by atoms with van der Waals surface area (Å²) in [6, 6.07) is 0. The van der Waals surface area contributed by atoms with Crippen LogP contribution < -0.4 is 0 Å². The fraction of sp³-hybridized carbons (Fsp3) is 0.778. The number of carbonyl (C=O) groups excluding carboxylic acids is 2. The molecular formula is C18H31ClO4. The zero-order valence-electron chi connectivity index (χ0n) is 14.5. The van der Waals surface area contributed by atoms with Crippen LogP contribution in [0.1, 0.15) is 71.6 Å². The predicted octanol–water partition coefficient (Wildman–Crippen LogP) is 4.79. The molecular weight excluding hydrogens is 316 g/mol. The molecule has 0 aliphatic rings. The first-order chi connectivity index (χ1) is 11.1. The van der Waals surface area contributed by atoms with E-state index in [0.29, 0.717) is 6.61 Å². The van der Waals surface area contributed by atoms with E-state index in [0.717, 1.165) is 25.0 Å². The summed E-state index contributed by atoms with van der Waals surface area (Å²) >= 11 is 5.64. The van der Waals surface area contributed by atoms with Gasteiger partial charge in [0.05, 0.1) is 12.0 Å². The lowest BCUT2D eigenvalue weighted by molar-refractivity contribution is -0.140. The molecule has 0 saturated carbocycles. The van der Waals surface area contributed by atoms with Gasteiger partial charge in [0.25, 0.3) is 0 Å². The lowest BCUT2D eigenvalue weighted by Crippen LogP contribution is -2.10. The number of esters is 2. The van der Waals surface area contributed by atoms with Crippen LogP contribution in [0.25, 0.3) is 0 Å². The Morgan fingerprint density at radius 3 is 1.87 bits per heavy atom. The molecule has 4 nitrogen and oxygen atoms in total. The summed E-state index contributed by atoms with van der Waals surface area (Å²) in [6.07, 6.45) is 13.1. The van der Waals surface area contributed by atoms with Gasteiger partial charge < -0.3 is 9.47 Å². The number of unbranched alkanes of at least 4 members (excludes halogenated alkanes) is 8. The minimum Gasteiger partial charge on any atom is -0.463 e. The number of ether oxygens (including phenoxy) is 2. The number of halogens is 1. The van der Waals surface area contributed by atoms with Crippen molar-refractivity contribution < 1.29 is 19.1 Å². The van der Waals surface area contributed by atoms with Crippen molar-refractivity contribution in [1.82, 2.24) is 0 Å². The first-order valence-corrected chi connectivity index (χ1v) is 9.15. The Bertz CT molecular complexity index is 340. The maximum Gasteiger partial charge on any atom is 0.331 e. The molecule has 0 amide bonds. The van der Waals surface area contributed by atoms with Crippen LogP contribution >= 0.6 is 11.6 Å². The molecule has 23 heavy (non-hydrogen) atoms. The van der Waals surface area contributed by atoms with Gasteiger partial charge >= 0.3 is 11.9 Å². The zero-order valence-corrected chi connectivity index (χ0v) is 15.3. The molecule has 0 fully saturated rings. The summed E-state index contributed by atoms with van der Waals surface area (Å²) < 4.78 is 9.81. The summed E-state index contributed by atoms with van der Waals surface area (Å²) in [5.74, 6) is -1.10. The van der Waals surface area contributed by atoms with Gasteiger partial charge in [-0.15, -0.1) is 11.6 Å². The summed E-state index contributed by atoms with van der Waals surface area (Å²) in [6.45, 7) is 4.46. The molecule has 0 spiro atoms. The highest BCUT2D eigenvalue weighted by molar-refractivity contribution is 6.20. The number of carbonyl (C=O) groups is 2. The van der Waals surface area contributed by atoms with E-state index in [1.807, 2.05) is 0 Å². The molecule has 0 bridgehead atoms. The number of hydrogen-bond donors (Lipinski definition) is 0. The van der Waals surface area contributed by atoms with Crippen LogP contribution in [-0.2, 0) is 19.1 Å². The molecule has 0 aliphatic heterocycles. The topological polar surface area (TPSA) is 52.6 Å². The number of rotatable bonds is 14. The van der Waals surface area contributed by atoms with Crippen LogP contribution in [0.5, 0.6) is 0 Å². The van der Waals surface area contributed by atoms with Gasteiger partial charge in [0.1, 0.15) is 6.61 Å². The van der Waals surface area contributed by atoms with Crippen LogP contribution in [0.4, 0.5) is 0 Å². The fourth-order valence-corrected chi connectivity index (χ4v) is 2.08. The van der Waals surface area contributed by atoms with E-state index in [4.69, 9.17) is 21.1 Å². The normalized spacial score (nSPS) is 12.3. The molecule has 1 unspecified atom stereocenters. The third kappa shape index (κ3) is 17.2. The molecule has 0 aromatic heterocycles. The number of hydrogen-bond acceptors (Lipinski definition) is 4. The Balaban J connectivity index is 3.44. The molecule has 5 heteroatoms. The van der Waals surface area contributed by atoms with E-state index in [1.165, 1.54) is 44.9 Å². The fourth-order valence-electron chi connectivity index (χ4n) is 2.01. The third-order valence-corrected chi connectivity index (χ3v) is 3.43. The van der Waals surface area contributed by atoms with Crippen LogP contribution in [0.15, 0.2) is 12.2 Å². The Morgan fingerprint density at radius 1 is 0.870 bits per heavy atom. The van der Waals surface area contributed by atoms with Gasteiger partial charge in [-0.3, -0.25) is 0 Å². The second-order valence-electron chi connectivity index (χ2n) is 5.74. The van der Waals surface area contributed by atoms with Gasteiger partial charge in [0, 0.05) is 12.2 Å². The first kappa shape index (κ1) is 22.0. The highest BCUT2D eigenvalue weighted by Gasteiger charge is 2.03. The molecule has 134 valence electrons. The monoisotopic (exact) mass is 346 g/mol. The Kier molecular flexibility index (Phi) is 15.1. The van der Waals surface area contributed by atoms with E-state index in [9.17, 15) is 9.59 Å². The molecule has 0 aromatic rings. The third-order valence-electron chi connectivity index (χ3n) is 3.30. The average molecular weight is 347 g/mol. The van der Waals surface area contributed by atoms with E-state index in [-0.39, 0.29) is 12.0 Å².